The van der Waals surface area contributed by atoms with Gasteiger partial charge in [-0.2, -0.15) is 0 Å². The van der Waals surface area contributed by atoms with E-state index in [0.29, 0.717) is 12.1 Å². The Balaban J connectivity index is 2.01. The van der Waals surface area contributed by atoms with Crippen molar-refractivity contribution < 1.29 is 9.50 Å². The highest BCUT2D eigenvalue weighted by molar-refractivity contribution is 9.10. The predicted molar refractivity (Wildman–Crippen MR) is 60.0 cm³/mol. The van der Waals surface area contributed by atoms with Crippen molar-refractivity contribution in [1.82, 2.24) is 5.32 Å². The molecule has 0 saturated heterocycles. The summed E-state index contributed by atoms with van der Waals surface area (Å²) in [5, 5.41) is 12.3. The number of rotatable bonds is 4. The SMILES string of the molecule is OCC1(NCc2cc(Br)ccc2F)CC1. The fraction of sp³-hybridized carbons (Fsp3) is 0.455. The molecule has 0 aliphatic heterocycles. The average Bonchev–Trinajstić information content (AvgIpc) is 3.00. The highest BCUT2D eigenvalue weighted by atomic mass is 79.9. The Morgan fingerprint density at radius 3 is 2.80 bits per heavy atom. The monoisotopic (exact) mass is 273 g/mol. The van der Waals surface area contributed by atoms with Gasteiger partial charge >= 0.3 is 0 Å². The fourth-order valence-electron chi connectivity index (χ4n) is 1.50. The molecule has 1 aromatic rings. The second-order valence-electron chi connectivity index (χ2n) is 4.03. The summed E-state index contributed by atoms with van der Waals surface area (Å²) in [7, 11) is 0. The molecule has 0 unspecified atom stereocenters. The van der Waals surface area contributed by atoms with E-state index in [4.69, 9.17) is 5.11 Å². The summed E-state index contributed by atoms with van der Waals surface area (Å²) in [6.07, 6.45) is 1.94. The molecule has 0 amide bonds. The fourth-order valence-corrected chi connectivity index (χ4v) is 1.91. The Morgan fingerprint density at radius 2 is 2.20 bits per heavy atom. The van der Waals surface area contributed by atoms with Crippen LogP contribution in [0.25, 0.3) is 0 Å². The molecule has 2 nitrogen and oxygen atoms in total. The molecule has 1 fully saturated rings. The minimum Gasteiger partial charge on any atom is -0.394 e. The van der Waals surface area contributed by atoms with Gasteiger partial charge in [0.15, 0.2) is 0 Å². The molecule has 1 saturated carbocycles. The maximum absolute atomic E-state index is 13.3. The van der Waals surface area contributed by atoms with Crippen molar-refractivity contribution in [3.63, 3.8) is 0 Å². The molecule has 0 aromatic heterocycles. The van der Waals surface area contributed by atoms with Crippen LogP contribution in [0.3, 0.4) is 0 Å². The van der Waals surface area contributed by atoms with Crippen molar-refractivity contribution in [2.24, 2.45) is 0 Å². The highest BCUT2D eigenvalue weighted by Crippen LogP contribution is 2.35. The van der Waals surface area contributed by atoms with Crippen molar-refractivity contribution in [2.75, 3.05) is 6.61 Å². The Kier molecular flexibility index (Phi) is 3.09. The molecule has 0 atom stereocenters. The van der Waals surface area contributed by atoms with Gasteiger partial charge in [0.25, 0.3) is 0 Å². The van der Waals surface area contributed by atoms with Crippen LogP contribution in [0.2, 0.25) is 0 Å². The molecule has 1 aromatic carbocycles. The Labute approximate surface area is 96.6 Å². The minimum atomic E-state index is -0.209. The van der Waals surface area contributed by atoms with Gasteiger partial charge in [-0.15, -0.1) is 0 Å². The topological polar surface area (TPSA) is 32.3 Å². The van der Waals surface area contributed by atoms with E-state index < -0.39 is 0 Å². The predicted octanol–water partition coefficient (Wildman–Crippen LogP) is 2.20. The first-order valence-electron chi connectivity index (χ1n) is 4.95. The van der Waals surface area contributed by atoms with Gasteiger partial charge in [-0.05, 0) is 31.0 Å². The van der Waals surface area contributed by atoms with Crippen molar-refractivity contribution in [3.8, 4) is 0 Å². The summed E-state index contributed by atoms with van der Waals surface area (Å²) in [4.78, 5) is 0. The molecule has 2 rings (SSSR count). The van der Waals surface area contributed by atoms with Gasteiger partial charge in [-0.1, -0.05) is 15.9 Å². The molecule has 1 aliphatic carbocycles. The van der Waals surface area contributed by atoms with Crippen LogP contribution in [0.1, 0.15) is 18.4 Å². The normalized spacial score (nSPS) is 17.8. The Bertz CT molecular complexity index is 366. The number of hydrogen-bond donors (Lipinski definition) is 2. The van der Waals surface area contributed by atoms with E-state index in [1.165, 1.54) is 6.07 Å². The lowest BCUT2D eigenvalue weighted by atomic mass is 10.2. The van der Waals surface area contributed by atoms with Gasteiger partial charge in [0.2, 0.25) is 0 Å². The van der Waals surface area contributed by atoms with Crippen molar-refractivity contribution in [3.05, 3.63) is 34.1 Å². The zero-order chi connectivity index (χ0) is 10.9. The lowest BCUT2D eigenvalue weighted by Crippen LogP contribution is -2.34. The van der Waals surface area contributed by atoms with Gasteiger partial charge in [0.05, 0.1) is 6.61 Å². The smallest absolute Gasteiger partial charge is 0.127 e. The zero-order valence-corrected chi connectivity index (χ0v) is 9.85. The van der Waals surface area contributed by atoms with Crippen LogP contribution in [-0.2, 0) is 6.54 Å². The highest BCUT2D eigenvalue weighted by Gasteiger charge is 2.41. The molecule has 4 heteroatoms. The summed E-state index contributed by atoms with van der Waals surface area (Å²) < 4.78 is 14.2. The number of nitrogens with one attached hydrogen (secondary N) is 1. The van der Waals surface area contributed by atoms with Crippen LogP contribution >= 0.6 is 15.9 Å². The quantitative estimate of drug-likeness (QED) is 0.882. The molecule has 1 aliphatic rings. The van der Waals surface area contributed by atoms with Crippen LogP contribution in [0.4, 0.5) is 4.39 Å². The lowest BCUT2D eigenvalue weighted by molar-refractivity contribution is 0.229. The first-order chi connectivity index (χ1) is 7.15. The maximum Gasteiger partial charge on any atom is 0.127 e. The summed E-state index contributed by atoms with van der Waals surface area (Å²) >= 11 is 3.31. The molecule has 82 valence electrons. The van der Waals surface area contributed by atoms with E-state index in [9.17, 15) is 4.39 Å². The van der Waals surface area contributed by atoms with Crippen LogP contribution in [0.5, 0.6) is 0 Å². The molecule has 15 heavy (non-hydrogen) atoms. The van der Waals surface area contributed by atoms with E-state index in [1.54, 1.807) is 12.1 Å². The molecule has 0 bridgehead atoms. The summed E-state index contributed by atoms with van der Waals surface area (Å²) in [6, 6.07) is 4.88. The van der Waals surface area contributed by atoms with Crippen molar-refractivity contribution in [1.29, 1.82) is 0 Å². The second kappa shape index (κ2) is 4.20. The molecular formula is C11H13BrFNO. The molecule has 2 N–H and O–H groups in total. The van der Waals surface area contributed by atoms with Gasteiger partial charge in [-0.3, -0.25) is 0 Å². The van der Waals surface area contributed by atoms with E-state index in [2.05, 4.69) is 21.2 Å². The maximum atomic E-state index is 13.3. The van der Waals surface area contributed by atoms with E-state index in [1.807, 2.05) is 0 Å². The van der Waals surface area contributed by atoms with E-state index in [0.717, 1.165) is 17.3 Å². The number of aliphatic hydroxyl groups excluding tert-OH is 1. The van der Waals surface area contributed by atoms with E-state index >= 15 is 0 Å². The Morgan fingerprint density at radius 1 is 1.47 bits per heavy atom. The molecule has 0 spiro atoms. The average molecular weight is 274 g/mol. The third-order valence-electron chi connectivity index (χ3n) is 2.82. The minimum absolute atomic E-state index is 0.128. The van der Waals surface area contributed by atoms with Gasteiger partial charge in [0.1, 0.15) is 5.82 Å². The van der Waals surface area contributed by atoms with E-state index in [-0.39, 0.29) is 18.0 Å². The number of benzene rings is 1. The van der Waals surface area contributed by atoms with Crippen molar-refractivity contribution >= 4 is 15.9 Å². The molecular weight excluding hydrogens is 261 g/mol. The van der Waals surface area contributed by atoms with Crippen LogP contribution in [0, 0.1) is 5.82 Å². The zero-order valence-electron chi connectivity index (χ0n) is 8.26. The number of aliphatic hydroxyl groups is 1. The third kappa shape index (κ3) is 2.56. The Hall–Kier alpha value is -0.450. The summed E-state index contributed by atoms with van der Waals surface area (Å²) in [5.74, 6) is -0.209. The first kappa shape index (κ1) is 11.0. The first-order valence-corrected chi connectivity index (χ1v) is 5.74. The lowest BCUT2D eigenvalue weighted by Gasteiger charge is -2.14. The van der Waals surface area contributed by atoms with Crippen LogP contribution in [0.15, 0.2) is 22.7 Å². The molecule has 0 radical (unpaired) electrons. The third-order valence-corrected chi connectivity index (χ3v) is 3.31. The van der Waals surface area contributed by atoms with Gasteiger partial charge in [0, 0.05) is 22.1 Å². The summed E-state index contributed by atoms with van der Waals surface area (Å²) in [5.41, 5.74) is 0.485. The van der Waals surface area contributed by atoms with Crippen LogP contribution in [-0.4, -0.2) is 17.3 Å². The van der Waals surface area contributed by atoms with Gasteiger partial charge < -0.3 is 10.4 Å². The van der Waals surface area contributed by atoms with Crippen molar-refractivity contribution in [2.45, 2.75) is 24.9 Å². The van der Waals surface area contributed by atoms with Crippen LogP contribution < -0.4 is 5.32 Å². The summed E-state index contributed by atoms with van der Waals surface area (Å²) in [6.45, 7) is 0.592. The number of hydrogen-bond acceptors (Lipinski definition) is 2. The second-order valence-corrected chi connectivity index (χ2v) is 4.94. The standard InChI is InChI=1S/C11H13BrFNO/c12-9-1-2-10(13)8(5-9)6-14-11(7-15)3-4-11/h1-2,5,14-15H,3-4,6-7H2. The number of halogens is 2. The van der Waals surface area contributed by atoms with Gasteiger partial charge in [-0.25, -0.2) is 4.39 Å². The largest absolute Gasteiger partial charge is 0.394 e. The molecule has 0 heterocycles.